The Morgan fingerprint density at radius 2 is 1.37 bits per heavy atom. The quantitative estimate of drug-likeness (QED) is 0.0888. The minimum absolute atomic E-state index is 0.0186. The second-order valence-corrected chi connectivity index (χ2v) is 17.0. The number of rotatable bonds is 8. The molecule has 0 spiro atoms. The number of nitrogens with zero attached hydrogens (tertiary/aromatic N) is 5. The van der Waals surface area contributed by atoms with Gasteiger partial charge < -0.3 is 10.0 Å². The maximum Gasteiger partial charge on any atom is 0.260 e. The summed E-state index contributed by atoms with van der Waals surface area (Å²) < 4.78 is 0. The number of allylic oxidation sites excluding steroid dienone is 2. The molecule has 0 aromatic heterocycles. The van der Waals surface area contributed by atoms with Crippen LogP contribution in [0.1, 0.15) is 35.4 Å². The molecule has 4 amide bonds. The molecule has 0 unspecified atom stereocenters. The summed E-state index contributed by atoms with van der Waals surface area (Å²) in [5.41, 5.74) is 7.85. The Kier molecular flexibility index (Phi) is 9.35. The van der Waals surface area contributed by atoms with Crippen molar-refractivity contribution in [2.75, 3.05) is 29.3 Å². The molecule has 10 rings (SSSR count). The predicted octanol–water partition coefficient (Wildman–Crippen LogP) is 9.52. The lowest BCUT2D eigenvalue weighted by atomic mass is 9.48. The lowest BCUT2D eigenvalue weighted by Crippen LogP contribution is -2.53. The molecule has 6 atom stereocenters. The van der Waals surface area contributed by atoms with Gasteiger partial charge in [-0.2, -0.15) is 15.2 Å². The van der Waals surface area contributed by atoms with Crippen LogP contribution in [-0.4, -0.2) is 47.8 Å². The first-order valence-electron chi connectivity index (χ1n) is 20.9. The summed E-state index contributed by atoms with van der Waals surface area (Å²) in [6, 6.07) is 42.5. The van der Waals surface area contributed by atoms with Crippen LogP contribution in [0.15, 0.2) is 161 Å². The molecule has 4 aliphatic rings. The topological polar surface area (TPSA) is 135 Å². The van der Waals surface area contributed by atoms with Crippen LogP contribution in [0.25, 0.3) is 10.8 Å². The average Bonchev–Trinajstić information content (AvgIpc) is 3.67. The first-order chi connectivity index (χ1) is 30.1. The van der Waals surface area contributed by atoms with Crippen LogP contribution in [-0.2, 0) is 24.6 Å². The number of fused-ring (bicyclic) bond motifs is 5. The van der Waals surface area contributed by atoms with Gasteiger partial charge in [0, 0.05) is 31.3 Å². The highest BCUT2D eigenvalue weighted by Gasteiger charge is 2.70. The number of imide groups is 2. The lowest BCUT2D eigenvalue weighted by molar-refractivity contribution is -0.138. The zero-order valence-corrected chi connectivity index (χ0v) is 34.5. The molecule has 2 saturated heterocycles. The Hall–Kier alpha value is -7.40. The van der Waals surface area contributed by atoms with Crippen LogP contribution < -0.4 is 15.2 Å². The summed E-state index contributed by atoms with van der Waals surface area (Å²) in [7, 11) is 3.94. The summed E-state index contributed by atoms with van der Waals surface area (Å²) in [4.78, 5) is 63.4. The Labute approximate surface area is 359 Å². The second kappa shape index (κ2) is 14.9. The van der Waals surface area contributed by atoms with Gasteiger partial charge in [-0.1, -0.05) is 90.0 Å². The largest absolute Gasteiger partial charge is 0.508 e. The number of nitrogens with one attached hydrogen (secondary N) is 1. The number of anilines is 3. The first-order valence-corrected chi connectivity index (χ1v) is 20.9. The van der Waals surface area contributed by atoms with Crippen LogP contribution in [0, 0.1) is 30.6 Å². The molecule has 2 aliphatic carbocycles. The molecular weight excluding hydrogens is 777 g/mol. The normalized spacial score (nSPS) is 24.3. The standard InChI is InChI=1S/C51H44N6O5/c1-30-13-16-35(17-14-30)54-57-48(60)42-29-41-39(46(51(42,50(57)62)32-10-5-4-6-11-32)45-38-12-8-7-9-31(38)15-28-43(45)58)26-27-40-44(41)49(61)56(47(40)59)37-24-20-34(21-25-37)53-52-33-18-22-36(23-19-33)55(2)3/h4-26,28,40-42,44,46,54,58H,27,29H2,1-3H3/t40-,41+,42-,44-,46+,51+/m0/s1. The molecule has 62 heavy (non-hydrogen) atoms. The lowest BCUT2D eigenvalue weighted by Gasteiger charge is -2.51. The van der Waals surface area contributed by atoms with Crippen molar-refractivity contribution < 1.29 is 24.3 Å². The summed E-state index contributed by atoms with van der Waals surface area (Å²) in [5.74, 6) is -5.48. The van der Waals surface area contributed by atoms with Crippen LogP contribution in [0.3, 0.4) is 0 Å². The number of phenolic OH excluding ortho intramolecular Hbond substituents is 1. The number of hydrogen-bond acceptors (Lipinski definition) is 9. The van der Waals surface area contributed by atoms with Crippen molar-refractivity contribution in [2.45, 2.75) is 31.1 Å². The van der Waals surface area contributed by atoms with E-state index in [1.165, 1.54) is 4.90 Å². The van der Waals surface area contributed by atoms with Crippen molar-refractivity contribution in [2.24, 2.45) is 33.9 Å². The number of hydrazine groups is 1. The number of azo groups is 1. The molecule has 3 fully saturated rings. The van der Waals surface area contributed by atoms with Crippen molar-refractivity contribution >= 4 is 62.8 Å². The van der Waals surface area contributed by atoms with E-state index in [4.69, 9.17) is 0 Å². The molecule has 0 radical (unpaired) electrons. The average molecular weight is 821 g/mol. The molecule has 6 aromatic carbocycles. The molecule has 11 nitrogen and oxygen atoms in total. The van der Waals surface area contributed by atoms with Crippen molar-refractivity contribution in [1.29, 1.82) is 0 Å². The Morgan fingerprint density at radius 3 is 2.06 bits per heavy atom. The van der Waals surface area contributed by atoms with E-state index in [1.807, 2.05) is 141 Å². The van der Waals surface area contributed by atoms with Gasteiger partial charge in [0.1, 0.15) is 5.75 Å². The molecular formula is C51H44N6O5. The number of benzene rings is 6. The molecule has 2 aliphatic heterocycles. The van der Waals surface area contributed by atoms with E-state index in [2.05, 4.69) is 15.7 Å². The molecule has 0 bridgehead atoms. The van der Waals surface area contributed by atoms with E-state index >= 15 is 9.59 Å². The third-order valence-electron chi connectivity index (χ3n) is 13.4. The van der Waals surface area contributed by atoms with Crippen molar-refractivity contribution in [3.63, 3.8) is 0 Å². The smallest absolute Gasteiger partial charge is 0.260 e. The van der Waals surface area contributed by atoms with Gasteiger partial charge >= 0.3 is 0 Å². The second-order valence-electron chi connectivity index (χ2n) is 17.0. The number of carbonyl (C=O) groups is 4. The maximum atomic E-state index is 15.6. The van der Waals surface area contributed by atoms with Gasteiger partial charge in [0.25, 0.3) is 11.8 Å². The number of aromatic hydroxyl groups is 1. The van der Waals surface area contributed by atoms with Crippen LogP contribution in [0.4, 0.5) is 28.4 Å². The highest BCUT2D eigenvalue weighted by molar-refractivity contribution is 6.22. The van der Waals surface area contributed by atoms with Crippen LogP contribution in [0.5, 0.6) is 5.75 Å². The summed E-state index contributed by atoms with van der Waals surface area (Å²) in [6.45, 7) is 1.96. The highest BCUT2D eigenvalue weighted by Crippen LogP contribution is 2.65. The van der Waals surface area contributed by atoms with E-state index in [0.29, 0.717) is 33.9 Å². The van der Waals surface area contributed by atoms with Gasteiger partial charge in [0.15, 0.2) is 0 Å². The maximum absolute atomic E-state index is 15.6. The van der Waals surface area contributed by atoms with Gasteiger partial charge in [-0.05, 0) is 109 Å². The first kappa shape index (κ1) is 38.8. The van der Waals surface area contributed by atoms with Gasteiger partial charge in [0.2, 0.25) is 11.8 Å². The third-order valence-corrected chi connectivity index (χ3v) is 13.4. The zero-order chi connectivity index (χ0) is 42.9. The zero-order valence-electron chi connectivity index (χ0n) is 34.5. The molecule has 11 heteroatoms. The molecule has 6 aromatic rings. The third kappa shape index (κ3) is 6.01. The minimum atomic E-state index is -1.52. The molecule has 308 valence electrons. The number of aryl methyl sites for hydroxylation is 1. The SMILES string of the molecule is Cc1ccc(NN2C(=O)[C@@H]3C[C@@H]4C(=CC[C@@H]5C(=O)N(c6ccc(N=Nc7ccc(N(C)C)cc7)cc6)C(=O)[C@@H]54)[C@H](c4c(O)ccc5ccccc45)[C@]3(c3ccccc3)C2=O)cc1. The van der Waals surface area contributed by atoms with Gasteiger partial charge in [0.05, 0.1) is 45.9 Å². The number of hydrogen-bond donors (Lipinski definition) is 2. The van der Waals surface area contributed by atoms with Gasteiger partial charge in [-0.15, -0.1) is 0 Å². The minimum Gasteiger partial charge on any atom is -0.508 e. The number of carbonyl (C=O) groups excluding carboxylic acids is 4. The van der Waals surface area contributed by atoms with E-state index in [1.54, 1.807) is 30.3 Å². The Morgan fingerprint density at radius 1 is 0.710 bits per heavy atom. The van der Waals surface area contributed by atoms with E-state index in [-0.39, 0.29) is 30.4 Å². The molecule has 1 saturated carbocycles. The summed E-state index contributed by atoms with van der Waals surface area (Å²) in [6.07, 6.45) is 2.40. The Bertz CT molecular complexity index is 2840. The van der Waals surface area contributed by atoms with Crippen LogP contribution in [0.2, 0.25) is 0 Å². The van der Waals surface area contributed by atoms with Crippen molar-refractivity contribution in [3.05, 3.63) is 168 Å². The fourth-order valence-electron chi connectivity index (χ4n) is 10.5. The van der Waals surface area contributed by atoms with Crippen molar-refractivity contribution in [3.8, 4) is 5.75 Å². The highest BCUT2D eigenvalue weighted by atomic mass is 16.3. The van der Waals surface area contributed by atoms with E-state index < -0.39 is 46.8 Å². The number of phenols is 1. The summed E-state index contributed by atoms with van der Waals surface area (Å²) in [5, 5.41) is 23.5. The molecule has 2 N–H and O–H groups in total. The van der Waals surface area contributed by atoms with Gasteiger partial charge in [-0.25, -0.2) is 0 Å². The summed E-state index contributed by atoms with van der Waals surface area (Å²) >= 11 is 0. The van der Waals surface area contributed by atoms with E-state index in [9.17, 15) is 14.7 Å². The van der Waals surface area contributed by atoms with Gasteiger partial charge in [-0.3, -0.25) is 29.5 Å². The monoisotopic (exact) mass is 820 g/mol. The predicted molar refractivity (Wildman–Crippen MR) is 238 cm³/mol. The van der Waals surface area contributed by atoms with Crippen molar-refractivity contribution in [1.82, 2.24) is 5.01 Å². The fraction of sp³-hybridized carbons (Fsp3) is 0.216. The molecule has 2 heterocycles. The van der Waals surface area contributed by atoms with E-state index in [0.717, 1.165) is 32.6 Å². The Balaban J connectivity index is 1.07. The fourth-order valence-corrected chi connectivity index (χ4v) is 10.5. The van der Waals surface area contributed by atoms with Crippen LogP contribution >= 0.6 is 0 Å². The number of amides is 4.